The smallest absolute Gasteiger partial charge is 0.280 e. The second-order valence-corrected chi connectivity index (χ2v) is 9.19. The maximum Gasteiger partial charge on any atom is 0.280 e. The molecule has 1 amide bonds. The lowest BCUT2D eigenvalue weighted by atomic mass is 9.92. The van der Waals surface area contributed by atoms with E-state index < -0.39 is 5.91 Å². The topological polar surface area (TPSA) is 109 Å². The molecule has 0 bridgehead atoms. The van der Waals surface area contributed by atoms with Gasteiger partial charge >= 0.3 is 0 Å². The first-order valence-electron chi connectivity index (χ1n) is 11.3. The summed E-state index contributed by atoms with van der Waals surface area (Å²) >= 11 is 0. The highest BCUT2D eigenvalue weighted by molar-refractivity contribution is 6.50. The molecule has 1 saturated heterocycles. The molecule has 34 heavy (non-hydrogen) atoms. The Morgan fingerprint density at radius 2 is 1.91 bits per heavy atom. The van der Waals surface area contributed by atoms with E-state index in [1.807, 2.05) is 45.0 Å². The van der Waals surface area contributed by atoms with Gasteiger partial charge in [-0.05, 0) is 17.5 Å². The quantitative estimate of drug-likeness (QED) is 0.311. The van der Waals surface area contributed by atoms with Crippen LogP contribution >= 0.6 is 0 Å². The van der Waals surface area contributed by atoms with Gasteiger partial charge in [0.05, 0.1) is 18.9 Å². The van der Waals surface area contributed by atoms with Crippen LogP contribution in [0.4, 0.5) is 5.88 Å². The van der Waals surface area contributed by atoms with Crippen molar-refractivity contribution in [2.24, 2.45) is 5.16 Å². The number of rotatable bonds is 7. The number of ether oxygens (including phenoxy) is 2. The summed E-state index contributed by atoms with van der Waals surface area (Å²) in [6, 6.07) is 12.7. The van der Waals surface area contributed by atoms with Crippen LogP contribution in [0.5, 0.6) is 5.75 Å². The molecule has 4 rings (SSSR count). The zero-order valence-corrected chi connectivity index (χ0v) is 19.7. The Morgan fingerprint density at radius 1 is 1.18 bits per heavy atom. The Kier molecular flexibility index (Phi) is 7.14. The third-order valence-electron chi connectivity index (χ3n) is 5.74. The second kappa shape index (κ2) is 10.2. The van der Waals surface area contributed by atoms with Crippen LogP contribution in [0, 0.1) is 0 Å². The van der Waals surface area contributed by atoms with Crippen molar-refractivity contribution in [3.8, 4) is 5.75 Å². The molecule has 1 aliphatic rings. The number of amides is 1. The number of aromatic nitrogens is 1. The van der Waals surface area contributed by atoms with E-state index in [1.165, 1.54) is 0 Å². The fraction of sp³-hybridized carbons (Fsp3) is 0.400. The molecule has 9 nitrogen and oxygen atoms in total. The molecule has 2 heterocycles. The maximum absolute atomic E-state index is 12.9. The number of nitrogens with one attached hydrogen (secondary N) is 1. The summed E-state index contributed by atoms with van der Waals surface area (Å²) in [5, 5.41) is 21.2. The third-order valence-corrected chi connectivity index (χ3v) is 5.74. The fourth-order valence-corrected chi connectivity index (χ4v) is 3.79. The highest BCUT2D eigenvalue weighted by Gasteiger charge is 2.23. The lowest BCUT2D eigenvalue weighted by Gasteiger charge is -2.26. The Morgan fingerprint density at radius 3 is 2.59 bits per heavy atom. The van der Waals surface area contributed by atoms with Gasteiger partial charge in [-0.2, -0.15) is 0 Å². The average molecular weight is 467 g/mol. The van der Waals surface area contributed by atoms with E-state index >= 15 is 0 Å². The van der Waals surface area contributed by atoms with E-state index in [9.17, 15) is 10.0 Å². The van der Waals surface area contributed by atoms with Crippen molar-refractivity contribution in [1.29, 1.82) is 0 Å². The molecule has 180 valence electrons. The average Bonchev–Trinajstić information content (AvgIpc) is 3.30. The minimum atomic E-state index is -0.606. The van der Waals surface area contributed by atoms with Gasteiger partial charge in [0, 0.05) is 42.1 Å². The molecule has 2 N–H and O–H groups in total. The lowest BCUT2D eigenvalue weighted by Crippen LogP contribution is -2.38. The molecule has 0 unspecified atom stereocenters. The third kappa shape index (κ3) is 5.37. The van der Waals surface area contributed by atoms with Crippen LogP contribution < -0.4 is 10.1 Å². The summed E-state index contributed by atoms with van der Waals surface area (Å²) in [6.45, 7) is 10.6. The summed E-state index contributed by atoms with van der Waals surface area (Å²) in [7, 11) is 0. The number of fused-ring (bicyclic) bond motifs is 1. The lowest BCUT2D eigenvalue weighted by molar-refractivity contribution is -0.110. The molecule has 1 fully saturated rings. The van der Waals surface area contributed by atoms with E-state index in [2.05, 4.69) is 20.5 Å². The largest absolute Gasteiger partial charge is 0.492 e. The van der Waals surface area contributed by atoms with Crippen molar-refractivity contribution in [1.82, 2.24) is 10.1 Å². The number of morpholine rings is 1. The molecule has 3 aromatic rings. The number of hydrogen-bond acceptors (Lipinski definition) is 8. The summed E-state index contributed by atoms with van der Waals surface area (Å²) < 4.78 is 16.7. The predicted molar refractivity (Wildman–Crippen MR) is 129 cm³/mol. The highest BCUT2D eigenvalue weighted by atomic mass is 16.5. The first-order valence-corrected chi connectivity index (χ1v) is 11.3. The van der Waals surface area contributed by atoms with Gasteiger partial charge in [-0.15, -0.1) is 0 Å². The predicted octanol–water partition coefficient (Wildman–Crippen LogP) is 3.65. The number of hydrogen-bond donors (Lipinski definition) is 2. The van der Waals surface area contributed by atoms with E-state index in [4.69, 9.17) is 14.0 Å². The van der Waals surface area contributed by atoms with E-state index in [0.29, 0.717) is 23.6 Å². The Labute approximate surface area is 198 Å². The minimum Gasteiger partial charge on any atom is -0.492 e. The highest BCUT2D eigenvalue weighted by Crippen LogP contribution is 2.30. The molecular formula is C25H30N4O5. The van der Waals surface area contributed by atoms with Gasteiger partial charge in [-0.25, -0.2) is 0 Å². The number of oxime groups is 1. The van der Waals surface area contributed by atoms with Crippen molar-refractivity contribution in [3.05, 3.63) is 53.7 Å². The van der Waals surface area contributed by atoms with Crippen LogP contribution in [0.25, 0.3) is 10.8 Å². The molecule has 1 aromatic heterocycles. The molecule has 1 aliphatic heterocycles. The molecule has 2 aromatic carbocycles. The maximum atomic E-state index is 12.9. The second-order valence-electron chi connectivity index (χ2n) is 9.19. The number of anilines is 1. The number of benzene rings is 2. The summed E-state index contributed by atoms with van der Waals surface area (Å²) in [6.07, 6.45) is 0. The molecular weight excluding hydrogens is 436 g/mol. The Hall–Kier alpha value is -3.43. The monoisotopic (exact) mass is 466 g/mol. The van der Waals surface area contributed by atoms with Crippen molar-refractivity contribution in [2.75, 3.05) is 44.8 Å². The Bertz CT molecular complexity index is 1180. The SMILES string of the molecule is CC(C)(C)c1cc(NC(=O)/C(=N\O)c2ccc(OCCN3CCOCC3)c3ccccc23)on1. The first kappa shape index (κ1) is 23.7. The number of carbonyl (C=O) groups excluding carboxylic acids is 1. The van der Waals surface area contributed by atoms with Crippen LogP contribution in [0.15, 0.2) is 52.1 Å². The van der Waals surface area contributed by atoms with Crippen LogP contribution in [0.3, 0.4) is 0 Å². The first-order chi connectivity index (χ1) is 16.4. The minimum absolute atomic E-state index is 0.134. The number of nitrogens with zero attached hydrogens (tertiary/aromatic N) is 3. The zero-order valence-electron chi connectivity index (χ0n) is 19.7. The molecule has 9 heteroatoms. The van der Waals surface area contributed by atoms with Gasteiger partial charge in [0.2, 0.25) is 5.88 Å². The van der Waals surface area contributed by atoms with Crippen LogP contribution in [-0.4, -0.2) is 66.3 Å². The fourth-order valence-electron chi connectivity index (χ4n) is 3.79. The molecule has 0 radical (unpaired) electrons. The number of carbonyl (C=O) groups is 1. The molecule has 0 atom stereocenters. The summed E-state index contributed by atoms with van der Waals surface area (Å²) in [5.74, 6) is 0.282. The van der Waals surface area contributed by atoms with Crippen LogP contribution in [0.1, 0.15) is 32.0 Å². The summed E-state index contributed by atoms with van der Waals surface area (Å²) in [5.41, 5.74) is 0.819. The Balaban J connectivity index is 1.52. The van der Waals surface area contributed by atoms with Crippen molar-refractivity contribution in [2.45, 2.75) is 26.2 Å². The van der Waals surface area contributed by atoms with Gasteiger partial charge in [-0.3, -0.25) is 15.0 Å². The molecule has 0 spiro atoms. The van der Waals surface area contributed by atoms with E-state index in [0.717, 1.165) is 43.6 Å². The standard InChI is InChI=1S/C25H30N4O5/c1-25(2,3)21-16-22(34-28-21)26-24(30)23(27-31)19-8-9-20(18-7-5-4-6-17(18)19)33-15-12-29-10-13-32-14-11-29/h4-9,16,31H,10-15H2,1-3H3,(H,26,30)/b27-23-. The molecule has 0 saturated carbocycles. The van der Waals surface area contributed by atoms with E-state index in [1.54, 1.807) is 18.2 Å². The van der Waals surface area contributed by atoms with Gasteiger partial charge in [0.15, 0.2) is 5.71 Å². The summed E-state index contributed by atoms with van der Waals surface area (Å²) in [4.78, 5) is 15.2. The van der Waals surface area contributed by atoms with Gasteiger partial charge < -0.3 is 19.2 Å². The van der Waals surface area contributed by atoms with Crippen molar-refractivity contribution >= 4 is 28.3 Å². The van der Waals surface area contributed by atoms with Gasteiger partial charge in [0.1, 0.15) is 12.4 Å². The molecule has 0 aliphatic carbocycles. The van der Waals surface area contributed by atoms with Gasteiger partial charge in [0.25, 0.3) is 5.91 Å². The zero-order chi connectivity index (χ0) is 24.1. The van der Waals surface area contributed by atoms with E-state index in [-0.39, 0.29) is 17.0 Å². The normalized spacial score (nSPS) is 15.4. The van der Waals surface area contributed by atoms with Crippen LogP contribution in [-0.2, 0) is 14.9 Å². The van der Waals surface area contributed by atoms with Crippen LogP contribution in [0.2, 0.25) is 0 Å². The van der Waals surface area contributed by atoms with Crippen molar-refractivity contribution in [3.63, 3.8) is 0 Å². The van der Waals surface area contributed by atoms with Crippen molar-refractivity contribution < 1.29 is 24.0 Å². The van der Waals surface area contributed by atoms with Gasteiger partial charge in [-0.1, -0.05) is 55.3 Å².